The van der Waals surface area contributed by atoms with E-state index in [0.717, 1.165) is 11.3 Å². The van der Waals surface area contributed by atoms with Crippen molar-refractivity contribution in [2.45, 2.75) is 18.8 Å². The van der Waals surface area contributed by atoms with E-state index in [9.17, 15) is 0 Å². The molecule has 1 aliphatic carbocycles. The summed E-state index contributed by atoms with van der Waals surface area (Å²) in [6.07, 6.45) is 4.25. The number of rotatable bonds is 2. The summed E-state index contributed by atoms with van der Waals surface area (Å²) in [6, 6.07) is 8.53. The van der Waals surface area contributed by atoms with E-state index >= 15 is 0 Å². The van der Waals surface area contributed by atoms with Crippen LogP contribution < -0.4 is 5.73 Å². The highest BCUT2D eigenvalue weighted by molar-refractivity contribution is 5.63. The lowest BCUT2D eigenvalue weighted by atomic mass is 10.0. The lowest BCUT2D eigenvalue weighted by molar-refractivity contribution is 0.594. The number of anilines is 1. The Balaban J connectivity index is 2.10. The highest BCUT2D eigenvalue weighted by Gasteiger charge is 2.26. The number of hydrogen-bond donors (Lipinski definition) is 1. The average molecular weight is 200 g/mol. The summed E-state index contributed by atoms with van der Waals surface area (Å²) in [5.41, 5.74) is 7.96. The molecule has 0 atom stereocenters. The summed E-state index contributed by atoms with van der Waals surface area (Å²) in [7, 11) is 0. The van der Waals surface area contributed by atoms with Gasteiger partial charge in [0.25, 0.3) is 6.01 Å². The van der Waals surface area contributed by atoms with Gasteiger partial charge in [-0.2, -0.15) is 0 Å². The van der Waals surface area contributed by atoms with Gasteiger partial charge in [0.15, 0.2) is 5.76 Å². The third-order valence-corrected chi connectivity index (χ3v) is 2.77. The first-order chi connectivity index (χ1) is 7.34. The van der Waals surface area contributed by atoms with E-state index in [1.54, 1.807) is 6.20 Å². The van der Waals surface area contributed by atoms with E-state index in [0.29, 0.717) is 5.92 Å². The second-order valence-corrected chi connectivity index (χ2v) is 3.92. The summed E-state index contributed by atoms with van der Waals surface area (Å²) >= 11 is 0. The number of nitrogens with zero attached hydrogens (tertiary/aromatic N) is 1. The molecule has 2 aromatic rings. The third kappa shape index (κ3) is 1.50. The predicted molar refractivity (Wildman–Crippen MR) is 58.3 cm³/mol. The van der Waals surface area contributed by atoms with Crippen molar-refractivity contribution in [2.75, 3.05) is 5.73 Å². The van der Waals surface area contributed by atoms with Crippen LogP contribution in [0.25, 0.3) is 11.3 Å². The van der Waals surface area contributed by atoms with Crippen LogP contribution >= 0.6 is 0 Å². The van der Waals surface area contributed by atoms with Crippen molar-refractivity contribution in [1.82, 2.24) is 4.98 Å². The first-order valence-electron chi connectivity index (χ1n) is 5.15. The monoisotopic (exact) mass is 200 g/mol. The quantitative estimate of drug-likeness (QED) is 0.810. The molecule has 1 fully saturated rings. The molecule has 15 heavy (non-hydrogen) atoms. The topological polar surface area (TPSA) is 52.0 Å². The summed E-state index contributed by atoms with van der Waals surface area (Å²) < 4.78 is 5.35. The molecule has 2 N–H and O–H groups in total. The number of hydrogen-bond acceptors (Lipinski definition) is 3. The van der Waals surface area contributed by atoms with Crippen molar-refractivity contribution in [3.8, 4) is 11.3 Å². The first kappa shape index (κ1) is 8.53. The molecule has 1 saturated carbocycles. The van der Waals surface area contributed by atoms with Crippen LogP contribution in [0, 0.1) is 0 Å². The van der Waals surface area contributed by atoms with Gasteiger partial charge in [-0.05, 0) is 24.3 Å². The van der Waals surface area contributed by atoms with Crippen LogP contribution in [0.15, 0.2) is 34.9 Å². The maximum Gasteiger partial charge on any atom is 0.292 e. The van der Waals surface area contributed by atoms with Crippen LogP contribution in [0.4, 0.5) is 6.01 Å². The fourth-order valence-corrected chi connectivity index (χ4v) is 1.88. The molecule has 0 aliphatic heterocycles. The van der Waals surface area contributed by atoms with Gasteiger partial charge in [0.05, 0.1) is 6.20 Å². The zero-order valence-corrected chi connectivity index (χ0v) is 8.31. The molecule has 0 saturated heterocycles. The van der Waals surface area contributed by atoms with Gasteiger partial charge < -0.3 is 10.2 Å². The minimum atomic E-state index is 0.232. The van der Waals surface area contributed by atoms with E-state index < -0.39 is 0 Å². The van der Waals surface area contributed by atoms with Crippen molar-refractivity contribution in [3.63, 3.8) is 0 Å². The van der Waals surface area contributed by atoms with Gasteiger partial charge >= 0.3 is 0 Å². The van der Waals surface area contributed by atoms with Crippen LogP contribution in [0.5, 0.6) is 0 Å². The zero-order chi connectivity index (χ0) is 10.3. The standard InChI is InChI=1S/C12H12N2O/c13-12-14-7-11(15-12)10-4-2-1-3-9(10)8-5-6-8/h1-4,7-8H,5-6H2,(H2,13,14). The number of oxazole rings is 1. The van der Waals surface area contributed by atoms with Gasteiger partial charge in [-0.15, -0.1) is 0 Å². The van der Waals surface area contributed by atoms with Gasteiger partial charge in [0.2, 0.25) is 0 Å². The molecule has 0 radical (unpaired) electrons. The molecular formula is C12H12N2O. The molecule has 1 heterocycles. The van der Waals surface area contributed by atoms with Gasteiger partial charge in [-0.3, -0.25) is 0 Å². The molecule has 1 aromatic carbocycles. The molecule has 3 nitrogen and oxygen atoms in total. The van der Waals surface area contributed by atoms with Crippen LogP contribution in [-0.4, -0.2) is 4.98 Å². The Morgan fingerprint density at radius 2 is 2.07 bits per heavy atom. The third-order valence-electron chi connectivity index (χ3n) is 2.77. The Bertz CT molecular complexity index is 486. The molecule has 0 amide bonds. The lowest BCUT2D eigenvalue weighted by Crippen LogP contribution is -1.85. The molecule has 0 bridgehead atoms. The first-order valence-corrected chi connectivity index (χ1v) is 5.15. The van der Waals surface area contributed by atoms with Crippen molar-refractivity contribution < 1.29 is 4.42 Å². The number of aromatic nitrogens is 1. The number of benzene rings is 1. The maximum absolute atomic E-state index is 5.48. The van der Waals surface area contributed by atoms with Gasteiger partial charge in [0, 0.05) is 5.56 Å². The Morgan fingerprint density at radius 1 is 1.27 bits per heavy atom. The SMILES string of the molecule is Nc1ncc(-c2ccccc2C2CC2)o1. The van der Waals surface area contributed by atoms with E-state index in [-0.39, 0.29) is 6.01 Å². The minimum Gasteiger partial charge on any atom is -0.424 e. The smallest absolute Gasteiger partial charge is 0.292 e. The number of nitrogens with two attached hydrogens (primary N) is 1. The van der Waals surface area contributed by atoms with Gasteiger partial charge in [-0.25, -0.2) is 4.98 Å². The summed E-state index contributed by atoms with van der Waals surface area (Å²) in [5, 5.41) is 0. The Hall–Kier alpha value is -1.77. The van der Waals surface area contributed by atoms with E-state index in [1.165, 1.54) is 18.4 Å². The normalized spacial score (nSPS) is 15.5. The van der Waals surface area contributed by atoms with Crippen molar-refractivity contribution >= 4 is 6.01 Å². The summed E-state index contributed by atoms with van der Waals surface area (Å²) in [6.45, 7) is 0. The number of nitrogen functional groups attached to an aromatic ring is 1. The molecule has 0 unspecified atom stereocenters. The largest absolute Gasteiger partial charge is 0.424 e. The fraction of sp³-hybridized carbons (Fsp3) is 0.250. The highest BCUT2D eigenvalue weighted by Crippen LogP contribution is 2.44. The average Bonchev–Trinajstić information content (AvgIpc) is 3.02. The molecule has 3 rings (SSSR count). The molecule has 76 valence electrons. The minimum absolute atomic E-state index is 0.232. The van der Waals surface area contributed by atoms with E-state index in [2.05, 4.69) is 23.2 Å². The fourth-order valence-electron chi connectivity index (χ4n) is 1.88. The van der Waals surface area contributed by atoms with Gasteiger partial charge in [0.1, 0.15) is 0 Å². The van der Waals surface area contributed by atoms with Crippen LogP contribution in [-0.2, 0) is 0 Å². The molecule has 3 heteroatoms. The van der Waals surface area contributed by atoms with Gasteiger partial charge in [-0.1, -0.05) is 24.3 Å². The molecular weight excluding hydrogens is 188 g/mol. The Morgan fingerprint density at radius 3 is 2.73 bits per heavy atom. The molecule has 0 spiro atoms. The van der Waals surface area contributed by atoms with Crippen LogP contribution in [0.1, 0.15) is 24.3 Å². The second-order valence-electron chi connectivity index (χ2n) is 3.92. The van der Waals surface area contributed by atoms with E-state index in [4.69, 9.17) is 10.2 Å². The van der Waals surface area contributed by atoms with E-state index in [1.807, 2.05) is 6.07 Å². The van der Waals surface area contributed by atoms with Crippen LogP contribution in [0.2, 0.25) is 0 Å². The van der Waals surface area contributed by atoms with Crippen molar-refractivity contribution in [3.05, 3.63) is 36.0 Å². The lowest BCUT2D eigenvalue weighted by Gasteiger charge is -2.04. The molecule has 1 aliphatic rings. The summed E-state index contributed by atoms with van der Waals surface area (Å²) in [5.74, 6) is 1.47. The van der Waals surface area contributed by atoms with Crippen molar-refractivity contribution in [1.29, 1.82) is 0 Å². The zero-order valence-electron chi connectivity index (χ0n) is 8.31. The van der Waals surface area contributed by atoms with Crippen molar-refractivity contribution in [2.24, 2.45) is 0 Å². The Kier molecular flexibility index (Phi) is 1.78. The van der Waals surface area contributed by atoms with Crippen LogP contribution in [0.3, 0.4) is 0 Å². The molecule has 1 aromatic heterocycles. The highest BCUT2D eigenvalue weighted by atomic mass is 16.4. The Labute approximate surface area is 87.9 Å². The predicted octanol–water partition coefficient (Wildman–Crippen LogP) is 2.80. The maximum atomic E-state index is 5.48. The summed E-state index contributed by atoms with van der Waals surface area (Å²) in [4.78, 5) is 3.92. The second kappa shape index (κ2) is 3.12.